The maximum atomic E-state index is 13.0. The molecule has 1 saturated heterocycles. The molecule has 21 heavy (non-hydrogen) atoms. The first-order valence-electron chi connectivity index (χ1n) is 8.18. The number of hydrogen-bond donors (Lipinski definition) is 1. The molecule has 2 aliphatic heterocycles. The van der Waals surface area contributed by atoms with Gasteiger partial charge in [-0.15, -0.1) is 0 Å². The number of hydrogen-bond acceptors (Lipinski definition) is 2. The molecule has 4 nitrogen and oxygen atoms in total. The number of fused-ring (bicyclic) bond motifs is 1. The summed E-state index contributed by atoms with van der Waals surface area (Å²) in [5, 5.41) is 3.43. The van der Waals surface area contributed by atoms with Gasteiger partial charge < -0.3 is 10.2 Å². The van der Waals surface area contributed by atoms with Crippen LogP contribution < -0.4 is 10.2 Å². The van der Waals surface area contributed by atoms with Gasteiger partial charge in [0.1, 0.15) is 0 Å². The molecule has 0 saturated carbocycles. The molecule has 1 aromatic carbocycles. The van der Waals surface area contributed by atoms with Gasteiger partial charge in [0, 0.05) is 24.8 Å². The van der Waals surface area contributed by atoms with E-state index in [1.54, 1.807) is 0 Å². The Morgan fingerprint density at radius 1 is 1.33 bits per heavy atom. The molecule has 1 aromatic rings. The van der Waals surface area contributed by atoms with Crippen molar-refractivity contribution in [3.05, 3.63) is 29.8 Å². The highest BCUT2D eigenvalue weighted by molar-refractivity contribution is 5.94. The minimum Gasteiger partial charge on any atom is -0.322 e. The highest BCUT2D eigenvalue weighted by Crippen LogP contribution is 2.29. The molecule has 0 bridgehead atoms. The molecule has 1 unspecified atom stereocenters. The minimum absolute atomic E-state index is 0.189. The van der Waals surface area contributed by atoms with Crippen LogP contribution in [-0.4, -0.2) is 43.2 Å². The van der Waals surface area contributed by atoms with Crippen molar-refractivity contribution in [2.45, 2.75) is 38.6 Å². The average molecular weight is 287 g/mol. The highest BCUT2D eigenvalue weighted by Gasteiger charge is 2.31. The second kappa shape index (κ2) is 6.48. The number of carbonyl (C=O) groups is 1. The lowest BCUT2D eigenvalue weighted by atomic mass is 10.1. The minimum atomic E-state index is 0.189. The first-order valence-corrected chi connectivity index (χ1v) is 8.18. The lowest BCUT2D eigenvalue weighted by Gasteiger charge is -2.33. The van der Waals surface area contributed by atoms with Crippen molar-refractivity contribution in [3.63, 3.8) is 0 Å². The normalized spacial score (nSPS) is 21.8. The Bertz CT molecular complexity index is 495. The molecule has 0 aromatic heterocycles. The largest absolute Gasteiger partial charge is 0.324 e. The van der Waals surface area contributed by atoms with E-state index in [0.29, 0.717) is 6.04 Å². The van der Waals surface area contributed by atoms with E-state index in [1.165, 1.54) is 5.56 Å². The maximum Gasteiger partial charge on any atom is 0.324 e. The monoisotopic (exact) mass is 287 g/mol. The third-order valence-corrected chi connectivity index (χ3v) is 4.69. The van der Waals surface area contributed by atoms with Crippen molar-refractivity contribution in [1.82, 2.24) is 10.2 Å². The summed E-state index contributed by atoms with van der Waals surface area (Å²) in [6.45, 7) is 5.81. The van der Waals surface area contributed by atoms with Gasteiger partial charge in [-0.05, 0) is 57.3 Å². The fourth-order valence-electron chi connectivity index (χ4n) is 3.55. The predicted octanol–water partition coefficient (Wildman–Crippen LogP) is 2.63. The number of nitrogens with zero attached hydrogens (tertiary/aromatic N) is 2. The van der Waals surface area contributed by atoms with Crippen molar-refractivity contribution < 1.29 is 4.79 Å². The summed E-state index contributed by atoms with van der Waals surface area (Å²) in [6.07, 6.45) is 4.31. The summed E-state index contributed by atoms with van der Waals surface area (Å²) in [4.78, 5) is 17.0. The van der Waals surface area contributed by atoms with Gasteiger partial charge in [-0.3, -0.25) is 4.90 Å². The van der Waals surface area contributed by atoms with Crippen LogP contribution in [0.15, 0.2) is 24.3 Å². The first-order chi connectivity index (χ1) is 10.3. The van der Waals surface area contributed by atoms with Gasteiger partial charge in [0.2, 0.25) is 0 Å². The fraction of sp³-hybridized carbons (Fsp3) is 0.588. The van der Waals surface area contributed by atoms with Crippen LogP contribution >= 0.6 is 0 Å². The lowest BCUT2D eigenvalue weighted by molar-refractivity contribution is 0.179. The Hall–Kier alpha value is -1.55. The number of amides is 2. The van der Waals surface area contributed by atoms with Crippen LogP contribution in [0.25, 0.3) is 0 Å². The van der Waals surface area contributed by atoms with Crippen LogP contribution in [0.4, 0.5) is 10.5 Å². The fourth-order valence-corrected chi connectivity index (χ4v) is 3.55. The van der Waals surface area contributed by atoms with Crippen molar-refractivity contribution >= 4 is 11.7 Å². The summed E-state index contributed by atoms with van der Waals surface area (Å²) in [5.41, 5.74) is 2.40. The van der Waals surface area contributed by atoms with E-state index in [9.17, 15) is 4.79 Å². The molecular formula is C17H25N3O. The van der Waals surface area contributed by atoms with E-state index in [-0.39, 0.29) is 6.03 Å². The third kappa shape index (κ3) is 2.91. The Kier molecular flexibility index (Phi) is 4.44. The predicted molar refractivity (Wildman–Crippen MR) is 85.8 cm³/mol. The molecule has 0 radical (unpaired) electrons. The summed E-state index contributed by atoms with van der Waals surface area (Å²) < 4.78 is 0. The zero-order valence-corrected chi connectivity index (χ0v) is 12.8. The quantitative estimate of drug-likeness (QED) is 0.907. The van der Waals surface area contributed by atoms with E-state index in [0.717, 1.165) is 57.5 Å². The SMILES string of the molecule is CCN(C(=O)N1CCc2ccccc21)C1CCCNCC1. The molecular weight excluding hydrogens is 262 g/mol. The third-order valence-electron chi connectivity index (χ3n) is 4.69. The van der Waals surface area contributed by atoms with Gasteiger partial charge in [-0.2, -0.15) is 0 Å². The number of benzene rings is 1. The summed E-state index contributed by atoms with van der Waals surface area (Å²) in [7, 11) is 0. The second-order valence-corrected chi connectivity index (χ2v) is 5.93. The van der Waals surface area contributed by atoms with Gasteiger partial charge in [-0.1, -0.05) is 18.2 Å². The van der Waals surface area contributed by atoms with Crippen LogP contribution in [0.3, 0.4) is 0 Å². The molecule has 2 amide bonds. The van der Waals surface area contributed by atoms with E-state index in [1.807, 2.05) is 11.0 Å². The van der Waals surface area contributed by atoms with E-state index >= 15 is 0 Å². The topological polar surface area (TPSA) is 35.6 Å². The van der Waals surface area contributed by atoms with Gasteiger partial charge in [0.25, 0.3) is 0 Å². The Balaban J connectivity index is 1.76. The summed E-state index contributed by atoms with van der Waals surface area (Å²) >= 11 is 0. The number of anilines is 1. The zero-order valence-electron chi connectivity index (χ0n) is 12.8. The Labute approximate surface area is 127 Å². The molecule has 3 rings (SSSR count). The second-order valence-electron chi connectivity index (χ2n) is 5.93. The standard InChI is InChI=1S/C17H25N3O/c1-2-19(15-7-5-11-18-12-9-15)17(21)20-13-10-14-6-3-4-8-16(14)20/h3-4,6,8,15,18H,2,5,7,9-13H2,1H3. The lowest BCUT2D eigenvalue weighted by Crippen LogP contribution is -2.48. The number of nitrogens with one attached hydrogen (secondary N) is 1. The molecule has 0 aliphatic carbocycles. The summed E-state index contributed by atoms with van der Waals surface area (Å²) in [5.74, 6) is 0. The smallest absolute Gasteiger partial charge is 0.322 e. The Morgan fingerprint density at radius 3 is 3.05 bits per heavy atom. The van der Waals surface area contributed by atoms with Gasteiger partial charge in [0.05, 0.1) is 0 Å². The number of carbonyl (C=O) groups excluding carboxylic acids is 1. The molecule has 2 aliphatic rings. The van der Waals surface area contributed by atoms with E-state index < -0.39 is 0 Å². The van der Waals surface area contributed by atoms with Crippen LogP contribution in [0.5, 0.6) is 0 Å². The number of para-hydroxylation sites is 1. The molecule has 1 N–H and O–H groups in total. The Morgan fingerprint density at radius 2 is 2.19 bits per heavy atom. The van der Waals surface area contributed by atoms with Crippen LogP contribution in [0, 0.1) is 0 Å². The maximum absolute atomic E-state index is 13.0. The first kappa shape index (κ1) is 14.4. The molecule has 0 spiro atoms. The molecule has 4 heteroatoms. The molecule has 1 atom stereocenters. The van der Waals surface area contributed by atoms with Crippen LogP contribution in [-0.2, 0) is 6.42 Å². The van der Waals surface area contributed by atoms with E-state index in [4.69, 9.17) is 0 Å². The molecule has 1 fully saturated rings. The molecule has 114 valence electrons. The number of rotatable bonds is 2. The van der Waals surface area contributed by atoms with Crippen molar-refractivity contribution in [2.75, 3.05) is 31.1 Å². The van der Waals surface area contributed by atoms with Crippen LogP contribution in [0.1, 0.15) is 31.7 Å². The summed E-state index contributed by atoms with van der Waals surface area (Å²) in [6, 6.07) is 8.86. The van der Waals surface area contributed by atoms with E-state index in [2.05, 4.69) is 35.3 Å². The van der Waals surface area contributed by atoms with Crippen molar-refractivity contribution in [3.8, 4) is 0 Å². The zero-order chi connectivity index (χ0) is 14.7. The van der Waals surface area contributed by atoms with Gasteiger partial charge in [0.15, 0.2) is 0 Å². The van der Waals surface area contributed by atoms with Gasteiger partial charge >= 0.3 is 6.03 Å². The van der Waals surface area contributed by atoms with Crippen molar-refractivity contribution in [2.24, 2.45) is 0 Å². The van der Waals surface area contributed by atoms with Crippen LogP contribution in [0.2, 0.25) is 0 Å². The average Bonchev–Trinajstić information content (AvgIpc) is 2.76. The van der Waals surface area contributed by atoms with Crippen molar-refractivity contribution in [1.29, 1.82) is 0 Å². The number of urea groups is 1. The van der Waals surface area contributed by atoms with Gasteiger partial charge in [-0.25, -0.2) is 4.79 Å². The highest BCUT2D eigenvalue weighted by atomic mass is 16.2. The molecule has 2 heterocycles.